The van der Waals surface area contributed by atoms with Crippen molar-refractivity contribution in [2.24, 2.45) is 0 Å². The molecule has 1 aromatic carbocycles. The molecule has 0 saturated carbocycles. The second-order valence-electron chi connectivity index (χ2n) is 6.28. The predicted molar refractivity (Wildman–Crippen MR) is 79.4 cm³/mol. The molecule has 0 spiro atoms. The van der Waals surface area contributed by atoms with Gasteiger partial charge < -0.3 is 14.3 Å². The molecule has 0 unspecified atom stereocenters. The fourth-order valence-corrected chi connectivity index (χ4v) is 2.34. The summed E-state index contributed by atoms with van der Waals surface area (Å²) in [4.78, 5) is 14.1. The second-order valence-corrected chi connectivity index (χ2v) is 6.28. The minimum atomic E-state index is -0.410. The van der Waals surface area contributed by atoms with Crippen molar-refractivity contribution < 1.29 is 14.1 Å². The van der Waals surface area contributed by atoms with Crippen LogP contribution in [0, 0.1) is 0 Å². The molecule has 1 fully saturated rings. The Kier molecular flexibility index (Phi) is 2.82. The average molecular weight is 271 g/mol. The number of rotatable bonds is 2. The van der Waals surface area contributed by atoms with Crippen LogP contribution in [0.4, 0.5) is 0 Å². The largest absolute Gasteiger partial charge is 0.512 e. The molecular formula is C15H18BNO3. The summed E-state index contributed by atoms with van der Waals surface area (Å²) in [6, 6.07) is 7.56. The number of hydrogen-bond donors (Lipinski definition) is 1. The minimum Gasteiger partial charge on any atom is -0.398 e. The zero-order valence-electron chi connectivity index (χ0n) is 12.2. The summed E-state index contributed by atoms with van der Waals surface area (Å²) < 4.78 is 12.0. The minimum absolute atomic E-state index is 0.358. The van der Waals surface area contributed by atoms with Crippen molar-refractivity contribution in [1.82, 2.24) is 4.98 Å². The van der Waals surface area contributed by atoms with Crippen LogP contribution in [0.3, 0.4) is 0 Å². The van der Waals surface area contributed by atoms with Crippen molar-refractivity contribution in [2.45, 2.75) is 38.9 Å². The SMILES string of the molecule is CC1(C)OB(c2cc3ccc(C=O)cc3[nH]2)OC1(C)C. The van der Waals surface area contributed by atoms with E-state index in [1.807, 2.05) is 45.9 Å². The van der Waals surface area contributed by atoms with Crippen molar-refractivity contribution in [3.63, 3.8) is 0 Å². The number of H-pyrrole nitrogens is 1. The number of hydrogen-bond acceptors (Lipinski definition) is 3. The molecule has 0 atom stereocenters. The molecule has 4 nitrogen and oxygen atoms in total. The van der Waals surface area contributed by atoms with Gasteiger partial charge in [0.2, 0.25) is 0 Å². The van der Waals surface area contributed by atoms with E-state index in [9.17, 15) is 4.79 Å². The first-order chi connectivity index (χ1) is 9.32. The Hall–Kier alpha value is -1.59. The number of aromatic amines is 1. The first-order valence-corrected chi connectivity index (χ1v) is 6.76. The van der Waals surface area contributed by atoms with E-state index in [1.165, 1.54) is 0 Å². The van der Waals surface area contributed by atoms with Gasteiger partial charge in [0.05, 0.1) is 11.2 Å². The van der Waals surface area contributed by atoms with Crippen LogP contribution in [0.5, 0.6) is 0 Å². The second kappa shape index (κ2) is 4.20. The van der Waals surface area contributed by atoms with Crippen molar-refractivity contribution in [2.75, 3.05) is 0 Å². The van der Waals surface area contributed by atoms with Crippen molar-refractivity contribution in [3.05, 3.63) is 29.8 Å². The normalized spacial score (nSPS) is 20.5. The Labute approximate surface area is 118 Å². The number of benzene rings is 1. The van der Waals surface area contributed by atoms with Crippen LogP contribution in [0.25, 0.3) is 10.9 Å². The van der Waals surface area contributed by atoms with Gasteiger partial charge in [0.1, 0.15) is 6.29 Å². The lowest BCUT2D eigenvalue weighted by Gasteiger charge is -2.32. The van der Waals surface area contributed by atoms with Gasteiger partial charge in [-0.05, 0) is 45.2 Å². The lowest BCUT2D eigenvalue weighted by Crippen LogP contribution is -2.41. The van der Waals surface area contributed by atoms with E-state index in [1.54, 1.807) is 6.07 Å². The van der Waals surface area contributed by atoms with Gasteiger partial charge >= 0.3 is 7.12 Å². The van der Waals surface area contributed by atoms with Gasteiger partial charge in [-0.25, -0.2) is 0 Å². The number of carbonyl (C=O) groups excluding carboxylic acids is 1. The Bertz CT molecular complexity index is 659. The van der Waals surface area contributed by atoms with E-state index in [2.05, 4.69) is 4.98 Å². The summed E-state index contributed by atoms with van der Waals surface area (Å²) in [5.74, 6) is 0. The maximum atomic E-state index is 10.8. The zero-order valence-corrected chi connectivity index (χ0v) is 12.2. The lowest BCUT2D eigenvalue weighted by atomic mass is 9.85. The summed E-state index contributed by atoms with van der Waals surface area (Å²) in [5, 5.41) is 1.04. The van der Waals surface area contributed by atoms with E-state index < -0.39 is 7.12 Å². The van der Waals surface area contributed by atoms with Gasteiger partial charge in [0.25, 0.3) is 0 Å². The molecule has 5 heteroatoms. The van der Waals surface area contributed by atoms with Crippen LogP contribution in [-0.4, -0.2) is 29.6 Å². The lowest BCUT2D eigenvalue weighted by molar-refractivity contribution is 0.00578. The molecule has 2 aromatic rings. The van der Waals surface area contributed by atoms with E-state index >= 15 is 0 Å². The maximum absolute atomic E-state index is 10.8. The third-order valence-corrected chi connectivity index (χ3v) is 4.31. The van der Waals surface area contributed by atoms with E-state index in [-0.39, 0.29) is 11.2 Å². The average Bonchev–Trinajstić information content (AvgIpc) is 2.87. The van der Waals surface area contributed by atoms with Crippen LogP contribution in [0.1, 0.15) is 38.1 Å². The summed E-state index contributed by atoms with van der Waals surface area (Å²) in [6.07, 6.45) is 0.842. The Morgan fingerprint density at radius 2 is 1.75 bits per heavy atom. The van der Waals surface area contributed by atoms with Gasteiger partial charge in [0.15, 0.2) is 0 Å². The fourth-order valence-electron chi connectivity index (χ4n) is 2.34. The molecule has 3 rings (SSSR count). The van der Waals surface area contributed by atoms with Crippen molar-refractivity contribution in [3.8, 4) is 0 Å². The Morgan fingerprint density at radius 1 is 1.10 bits per heavy atom. The summed E-state index contributed by atoms with van der Waals surface area (Å²) in [6.45, 7) is 8.11. The van der Waals surface area contributed by atoms with Gasteiger partial charge in [-0.3, -0.25) is 4.79 Å². The standard InChI is InChI=1S/C15H18BNO3/c1-14(2)15(3,4)20-16(19-14)13-8-11-6-5-10(9-18)7-12(11)17-13/h5-9,17H,1-4H3. The molecule has 1 aliphatic rings. The van der Waals surface area contributed by atoms with Gasteiger partial charge in [-0.15, -0.1) is 0 Å². The van der Waals surface area contributed by atoms with Crippen LogP contribution in [-0.2, 0) is 9.31 Å². The number of aromatic nitrogens is 1. The molecule has 1 N–H and O–H groups in total. The van der Waals surface area contributed by atoms with E-state index in [0.29, 0.717) is 5.56 Å². The molecule has 1 aromatic heterocycles. The molecular weight excluding hydrogens is 253 g/mol. The van der Waals surface area contributed by atoms with Gasteiger partial charge in [0, 0.05) is 16.7 Å². The Morgan fingerprint density at radius 3 is 2.35 bits per heavy atom. The van der Waals surface area contributed by atoms with Gasteiger partial charge in [-0.2, -0.15) is 0 Å². The third kappa shape index (κ3) is 1.98. The number of aldehydes is 1. The summed E-state index contributed by atoms with van der Waals surface area (Å²) in [7, 11) is -0.410. The van der Waals surface area contributed by atoms with Crippen molar-refractivity contribution in [1.29, 1.82) is 0 Å². The highest BCUT2D eigenvalue weighted by Gasteiger charge is 2.52. The molecule has 2 heterocycles. The molecule has 20 heavy (non-hydrogen) atoms. The summed E-state index contributed by atoms with van der Waals surface area (Å²) >= 11 is 0. The van der Waals surface area contributed by atoms with Crippen LogP contribution >= 0.6 is 0 Å². The smallest absolute Gasteiger partial charge is 0.398 e. The maximum Gasteiger partial charge on any atom is 0.512 e. The van der Waals surface area contributed by atoms with Crippen LogP contribution < -0.4 is 5.59 Å². The predicted octanol–water partition coefficient (Wildman–Crippen LogP) is 2.28. The number of carbonyl (C=O) groups is 1. The molecule has 1 saturated heterocycles. The first-order valence-electron chi connectivity index (χ1n) is 6.76. The highest BCUT2D eigenvalue weighted by Crippen LogP contribution is 2.36. The number of nitrogens with one attached hydrogen (secondary N) is 1. The summed E-state index contributed by atoms with van der Waals surface area (Å²) in [5.41, 5.74) is 1.73. The highest BCUT2D eigenvalue weighted by atomic mass is 16.7. The Balaban J connectivity index is 1.98. The highest BCUT2D eigenvalue weighted by molar-refractivity contribution is 6.61. The molecule has 0 amide bonds. The third-order valence-electron chi connectivity index (χ3n) is 4.31. The molecule has 0 bridgehead atoms. The topological polar surface area (TPSA) is 51.3 Å². The molecule has 0 aliphatic carbocycles. The van der Waals surface area contributed by atoms with Crippen LogP contribution in [0.2, 0.25) is 0 Å². The number of fused-ring (bicyclic) bond motifs is 1. The van der Waals surface area contributed by atoms with Crippen molar-refractivity contribution >= 4 is 29.9 Å². The van der Waals surface area contributed by atoms with E-state index in [0.717, 1.165) is 22.8 Å². The molecule has 1 aliphatic heterocycles. The van der Waals surface area contributed by atoms with Gasteiger partial charge in [-0.1, -0.05) is 12.1 Å². The fraction of sp³-hybridized carbons (Fsp3) is 0.400. The van der Waals surface area contributed by atoms with Crippen LogP contribution in [0.15, 0.2) is 24.3 Å². The quantitative estimate of drug-likeness (QED) is 0.673. The zero-order chi connectivity index (χ0) is 14.5. The molecule has 0 radical (unpaired) electrons. The van der Waals surface area contributed by atoms with E-state index in [4.69, 9.17) is 9.31 Å². The monoisotopic (exact) mass is 271 g/mol. The first kappa shape index (κ1) is 13.4. The molecule has 104 valence electrons.